The third-order valence-electron chi connectivity index (χ3n) is 3.89. The molecule has 1 aliphatic rings. The van der Waals surface area contributed by atoms with E-state index in [1.54, 1.807) is 0 Å². The average Bonchev–Trinajstić information content (AvgIpc) is 2.59. The molecule has 2 nitrogen and oxygen atoms in total. The molecule has 0 amide bonds. The van der Waals surface area contributed by atoms with Gasteiger partial charge in [0.1, 0.15) is 0 Å². The zero-order valence-corrected chi connectivity index (χ0v) is 15.0. The summed E-state index contributed by atoms with van der Waals surface area (Å²) >= 11 is 7.49. The maximum atomic E-state index is 5.68. The first-order valence-corrected chi connectivity index (χ1v) is 9.13. The van der Waals surface area contributed by atoms with Crippen molar-refractivity contribution in [3.8, 4) is 0 Å². The lowest BCUT2D eigenvalue weighted by Gasteiger charge is -2.29. The summed E-state index contributed by atoms with van der Waals surface area (Å²) in [7, 11) is 0. The van der Waals surface area contributed by atoms with Crippen molar-refractivity contribution in [2.45, 2.75) is 23.1 Å². The normalized spacial score (nSPS) is 14.7. The molecule has 1 heterocycles. The number of hydrogen-bond donors (Lipinski definition) is 0. The van der Waals surface area contributed by atoms with Gasteiger partial charge in [-0.1, -0.05) is 59.9 Å². The second-order valence-electron chi connectivity index (χ2n) is 5.70. The molecular weight excluding hydrogens is 322 g/mol. The van der Waals surface area contributed by atoms with Gasteiger partial charge in [-0.05, 0) is 30.7 Å². The standard InChI is InChI=1S/C19H21NOS2/c1-15-7-8-18(23-17-5-3-2-4-6-17)16(13-15)14-19(22)20-9-11-21-12-10-20/h2-8,13H,9-12,14H2,1H3. The van der Waals surface area contributed by atoms with E-state index < -0.39 is 0 Å². The number of nitrogens with zero attached hydrogens (tertiary/aromatic N) is 1. The molecule has 0 N–H and O–H groups in total. The predicted molar refractivity (Wildman–Crippen MR) is 100 cm³/mol. The van der Waals surface area contributed by atoms with Gasteiger partial charge in [-0.15, -0.1) is 0 Å². The van der Waals surface area contributed by atoms with Crippen molar-refractivity contribution in [2.75, 3.05) is 26.3 Å². The van der Waals surface area contributed by atoms with Crippen LogP contribution in [0, 0.1) is 6.92 Å². The summed E-state index contributed by atoms with van der Waals surface area (Å²) in [4.78, 5) is 5.85. The molecule has 0 saturated carbocycles. The van der Waals surface area contributed by atoms with Crippen LogP contribution in [0.3, 0.4) is 0 Å². The number of ether oxygens (including phenoxy) is 1. The maximum absolute atomic E-state index is 5.68. The minimum Gasteiger partial charge on any atom is -0.378 e. The lowest BCUT2D eigenvalue weighted by molar-refractivity contribution is 0.0684. The molecule has 0 aliphatic carbocycles. The molecule has 2 aromatic rings. The summed E-state index contributed by atoms with van der Waals surface area (Å²) in [5.41, 5.74) is 2.59. The van der Waals surface area contributed by atoms with Crippen molar-refractivity contribution in [3.63, 3.8) is 0 Å². The molecule has 1 fully saturated rings. The molecule has 2 aromatic carbocycles. The summed E-state index contributed by atoms with van der Waals surface area (Å²) in [6.45, 7) is 5.51. The smallest absolute Gasteiger partial charge is 0.0825 e. The minimum absolute atomic E-state index is 0.777. The lowest BCUT2D eigenvalue weighted by Crippen LogP contribution is -2.40. The van der Waals surface area contributed by atoms with Crippen molar-refractivity contribution >= 4 is 29.0 Å². The summed E-state index contributed by atoms with van der Waals surface area (Å²) in [6.07, 6.45) is 0.826. The second kappa shape index (κ2) is 7.95. The van der Waals surface area contributed by atoms with Crippen LogP contribution in [0.15, 0.2) is 58.3 Å². The number of benzene rings is 2. The van der Waals surface area contributed by atoms with Crippen molar-refractivity contribution in [1.29, 1.82) is 0 Å². The van der Waals surface area contributed by atoms with Gasteiger partial charge in [0, 0.05) is 29.3 Å². The van der Waals surface area contributed by atoms with Crippen LogP contribution in [0.1, 0.15) is 11.1 Å². The molecule has 23 heavy (non-hydrogen) atoms. The van der Waals surface area contributed by atoms with E-state index >= 15 is 0 Å². The quantitative estimate of drug-likeness (QED) is 0.765. The Bertz CT molecular complexity index is 666. The van der Waals surface area contributed by atoms with Crippen LogP contribution < -0.4 is 0 Å². The molecule has 120 valence electrons. The number of aryl methyl sites for hydroxylation is 1. The lowest BCUT2D eigenvalue weighted by atomic mass is 10.1. The Hall–Kier alpha value is -1.36. The molecule has 1 aliphatic heterocycles. The summed E-state index contributed by atoms with van der Waals surface area (Å²) in [6, 6.07) is 17.1. The summed E-state index contributed by atoms with van der Waals surface area (Å²) in [5, 5.41) is 0. The molecule has 0 spiro atoms. The van der Waals surface area contributed by atoms with Gasteiger partial charge in [-0.2, -0.15) is 0 Å². The molecule has 0 bridgehead atoms. The monoisotopic (exact) mass is 343 g/mol. The average molecular weight is 344 g/mol. The molecule has 0 unspecified atom stereocenters. The molecule has 0 aromatic heterocycles. The van der Waals surface area contributed by atoms with Crippen molar-refractivity contribution in [3.05, 3.63) is 59.7 Å². The van der Waals surface area contributed by atoms with Crippen LogP contribution in [-0.4, -0.2) is 36.2 Å². The number of rotatable bonds is 4. The van der Waals surface area contributed by atoms with Gasteiger partial charge in [0.05, 0.1) is 18.2 Å². The highest BCUT2D eigenvalue weighted by Crippen LogP contribution is 2.31. The summed E-state index contributed by atoms with van der Waals surface area (Å²) < 4.78 is 5.42. The van der Waals surface area contributed by atoms with Crippen molar-refractivity contribution in [2.24, 2.45) is 0 Å². The predicted octanol–water partition coefficient (Wildman–Crippen LogP) is 4.35. The van der Waals surface area contributed by atoms with Crippen LogP contribution in [0.2, 0.25) is 0 Å². The van der Waals surface area contributed by atoms with Crippen LogP contribution in [-0.2, 0) is 11.2 Å². The fourth-order valence-electron chi connectivity index (χ4n) is 2.65. The molecular formula is C19H21NOS2. The highest BCUT2D eigenvalue weighted by molar-refractivity contribution is 7.99. The van der Waals surface area contributed by atoms with Gasteiger partial charge >= 0.3 is 0 Å². The van der Waals surface area contributed by atoms with E-state index in [-0.39, 0.29) is 0 Å². The van der Waals surface area contributed by atoms with Crippen LogP contribution >= 0.6 is 24.0 Å². The Labute approximate surface area is 147 Å². The van der Waals surface area contributed by atoms with Gasteiger partial charge < -0.3 is 9.64 Å². The Morgan fingerprint density at radius 3 is 2.61 bits per heavy atom. The SMILES string of the molecule is Cc1ccc(Sc2ccccc2)c(CC(=S)N2CCOCC2)c1. The Morgan fingerprint density at radius 2 is 1.87 bits per heavy atom. The van der Waals surface area contributed by atoms with Crippen LogP contribution in [0.25, 0.3) is 0 Å². The van der Waals surface area contributed by atoms with Gasteiger partial charge in [0.2, 0.25) is 0 Å². The summed E-state index contributed by atoms with van der Waals surface area (Å²) in [5.74, 6) is 0. The van der Waals surface area contributed by atoms with Gasteiger partial charge in [0.15, 0.2) is 0 Å². The molecule has 1 saturated heterocycles. The van der Waals surface area contributed by atoms with Crippen molar-refractivity contribution < 1.29 is 4.74 Å². The second-order valence-corrected chi connectivity index (χ2v) is 7.28. The van der Waals surface area contributed by atoms with E-state index in [0.717, 1.165) is 37.7 Å². The largest absolute Gasteiger partial charge is 0.378 e. The number of hydrogen-bond acceptors (Lipinski definition) is 3. The molecule has 4 heteroatoms. The molecule has 0 atom stereocenters. The van der Waals surface area contributed by atoms with Crippen LogP contribution in [0.4, 0.5) is 0 Å². The topological polar surface area (TPSA) is 12.5 Å². The maximum Gasteiger partial charge on any atom is 0.0825 e. The Balaban J connectivity index is 1.77. The van der Waals surface area contributed by atoms with E-state index in [9.17, 15) is 0 Å². The van der Waals surface area contributed by atoms with Crippen molar-refractivity contribution in [1.82, 2.24) is 4.90 Å². The third-order valence-corrected chi connectivity index (χ3v) is 5.42. The number of thiocarbonyl (C=S) groups is 1. The Kier molecular flexibility index (Phi) is 5.70. The first-order chi connectivity index (χ1) is 11.2. The fourth-order valence-corrected chi connectivity index (χ4v) is 3.93. The molecule has 0 radical (unpaired) electrons. The van der Waals surface area contributed by atoms with Gasteiger partial charge in [0.25, 0.3) is 0 Å². The first kappa shape index (κ1) is 16.5. The zero-order chi connectivity index (χ0) is 16.1. The van der Waals surface area contributed by atoms with Gasteiger partial charge in [-0.3, -0.25) is 0 Å². The zero-order valence-electron chi connectivity index (χ0n) is 13.3. The van der Waals surface area contributed by atoms with Gasteiger partial charge in [-0.25, -0.2) is 0 Å². The highest BCUT2D eigenvalue weighted by atomic mass is 32.2. The highest BCUT2D eigenvalue weighted by Gasteiger charge is 2.15. The Morgan fingerprint density at radius 1 is 1.13 bits per heavy atom. The third kappa shape index (κ3) is 4.56. The number of morpholine rings is 1. The fraction of sp³-hybridized carbons (Fsp3) is 0.316. The molecule has 3 rings (SSSR count). The van der Waals surface area contributed by atoms with E-state index in [2.05, 4.69) is 54.3 Å². The van der Waals surface area contributed by atoms with E-state index in [0.29, 0.717) is 0 Å². The van der Waals surface area contributed by atoms with E-state index in [1.807, 2.05) is 17.8 Å². The van der Waals surface area contributed by atoms with E-state index in [4.69, 9.17) is 17.0 Å². The van der Waals surface area contributed by atoms with Crippen LogP contribution in [0.5, 0.6) is 0 Å². The van der Waals surface area contributed by atoms with E-state index in [1.165, 1.54) is 20.9 Å². The first-order valence-electron chi connectivity index (χ1n) is 7.90. The minimum atomic E-state index is 0.777.